The third-order valence-corrected chi connectivity index (χ3v) is 4.95. The summed E-state index contributed by atoms with van der Waals surface area (Å²) < 4.78 is 39.9. The number of halogens is 3. The van der Waals surface area contributed by atoms with Crippen molar-refractivity contribution in [2.45, 2.75) is 19.1 Å². The van der Waals surface area contributed by atoms with Gasteiger partial charge in [0, 0.05) is 24.2 Å². The number of carbonyl (C=O) groups excluding carboxylic acids is 1. The van der Waals surface area contributed by atoms with E-state index in [0.29, 0.717) is 28.3 Å². The first-order valence-corrected chi connectivity index (χ1v) is 9.96. The summed E-state index contributed by atoms with van der Waals surface area (Å²) in [6.07, 6.45) is 1.13. The number of carbonyl (C=O) groups is 1. The van der Waals surface area contributed by atoms with Crippen molar-refractivity contribution in [1.82, 2.24) is 30.0 Å². The van der Waals surface area contributed by atoms with Crippen LogP contribution in [0.15, 0.2) is 67.4 Å². The van der Waals surface area contributed by atoms with E-state index < -0.39 is 23.7 Å². The Morgan fingerprint density at radius 1 is 1.06 bits per heavy atom. The molecule has 0 spiro atoms. The zero-order valence-corrected chi connectivity index (χ0v) is 17.7. The van der Waals surface area contributed by atoms with Gasteiger partial charge in [0.05, 0.1) is 22.7 Å². The van der Waals surface area contributed by atoms with Gasteiger partial charge in [-0.2, -0.15) is 28.2 Å². The fourth-order valence-corrected chi connectivity index (χ4v) is 3.22. The summed E-state index contributed by atoms with van der Waals surface area (Å²) in [5.74, 6) is 0.395. The molecule has 0 aliphatic heterocycles. The van der Waals surface area contributed by atoms with Crippen molar-refractivity contribution < 1.29 is 18.0 Å². The lowest BCUT2D eigenvalue weighted by molar-refractivity contribution is -0.137. The first kappa shape index (κ1) is 22.6. The van der Waals surface area contributed by atoms with Crippen molar-refractivity contribution in [1.29, 1.82) is 5.26 Å². The molecule has 0 radical (unpaired) electrons. The highest BCUT2D eigenvalue weighted by Crippen LogP contribution is 2.31. The van der Waals surface area contributed by atoms with Gasteiger partial charge in [-0.25, -0.2) is 9.97 Å². The number of alkyl halides is 3. The number of aromatic nitrogens is 5. The smallest absolute Gasteiger partial charge is 0.342 e. The number of nitrogens with zero attached hydrogens (tertiary/aromatic N) is 6. The standard InChI is InChI=1S/C23H16F3N7O/c1-14(21-30-13-31-33(21)20-7-2-15(9-27)10-29-20)32-22(34)18-8-17(11-28-12-18)16-3-5-19(6-4-16)23(24,25)26/h2-8,10-14H,1H3,(H,32,34)/t14-/m1/s1. The Balaban J connectivity index is 1.52. The van der Waals surface area contributed by atoms with Gasteiger partial charge < -0.3 is 5.32 Å². The second-order valence-corrected chi connectivity index (χ2v) is 7.28. The van der Waals surface area contributed by atoms with Crippen LogP contribution >= 0.6 is 0 Å². The van der Waals surface area contributed by atoms with Gasteiger partial charge in [-0.05, 0) is 42.8 Å². The van der Waals surface area contributed by atoms with Crippen LogP contribution in [0.2, 0.25) is 0 Å². The van der Waals surface area contributed by atoms with Crippen LogP contribution in [0.4, 0.5) is 13.2 Å². The summed E-state index contributed by atoms with van der Waals surface area (Å²) in [5.41, 5.74) is 0.862. The molecule has 0 saturated heterocycles. The van der Waals surface area contributed by atoms with Crippen LogP contribution in [-0.2, 0) is 6.18 Å². The number of rotatable bonds is 5. The van der Waals surface area contributed by atoms with Gasteiger partial charge in [0.2, 0.25) is 0 Å². The molecule has 4 rings (SSSR count). The third-order valence-electron chi connectivity index (χ3n) is 4.95. The van der Waals surface area contributed by atoms with E-state index in [4.69, 9.17) is 5.26 Å². The van der Waals surface area contributed by atoms with Crippen molar-refractivity contribution >= 4 is 5.91 Å². The quantitative estimate of drug-likeness (QED) is 0.477. The number of amides is 1. The second-order valence-electron chi connectivity index (χ2n) is 7.28. The van der Waals surface area contributed by atoms with Crippen LogP contribution in [0.25, 0.3) is 16.9 Å². The van der Waals surface area contributed by atoms with Crippen molar-refractivity contribution in [3.63, 3.8) is 0 Å². The summed E-state index contributed by atoms with van der Waals surface area (Å²) >= 11 is 0. The van der Waals surface area contributed by atoms with E-state index in [1.54, 1.807) is 25.1 Å². The monoisotopic (exact) mass is 463 g/mol. The van der Waals surface area contributed by atoms with Gasteiger partial charge in [-0.15, -0.1) is 0 Å². The predicted octanol–water partition coefficient (Wildman–Crippen LogP) is 4.11. The Labute approximate surface area is 191 Å². The van der Waals surface area contributed by atoms with Gasteiger partial charge in [0.25, 0.3) is 5.91 Å². The molecule has 0 bridgehead atoms. The molecule has 1 amide bonds. The molecule has 3 heterocycles. The van der Waals surface area contributed by atoms with E-state index in [0.717, 1.165) is 12.1 Å². The van der Waals surface area contributed by atoms with Crippen molar-refractivity contribution in [3.05, 3.63) is 89.9 Å². The maximum Gasteiger partial charge on any atom is 0.416 e. The molecule has 1 aromatic carbocycles. The van der Waals surface area contributed by atoms with Gasteiger partial charge in [-0.1, -0.05) is 12.1 Å². The lowest BCUT2D eigenvalue weighted by Gasteiger charge is -2.14. The van der Waals surface area contributed by atoms with Gasteiger partial charge in [-0.3, -0.25) is 9.78 Å². The number of hydrogen-bond acceptors (Lipinski definition) is 6. The van der Waals surface area contributed by atoms with E-state index in [1.807, 2.05) is 6.07 Å². The number of benzene rings is 1. The molecule has 8 nitrogen and oxygen atoms in total. The number of pyridine rings is 2. The predicted molar refractivity (Wildman–Crippen MR) is 114 cm³/mol. The summed E-state index contributed by atoms with van der Waals surface area (Å²) in [7, 11) is 0. The molecular weight excluding hydrogens is 447 g/mol. The zero-order valence-electron chi connectivity index (χ0n) is 17.7. The average molecular weight is 463 g/mol. The van der Waals surface area contributed by atoms with Crippen molar-refractivity contribution in [2.75, 3.05) is 0 Å². The molecular formula is C23H16F3N7O. The number of hydrogen-bond donors (Lipinski definition) is 1. The zero-order chi connectivity index (χ0) is 24.3. The minimum absolute atomic E-state index is 0.229. The van der Waals surface area contributed by atoms with Gasteiger partial charge in [0.15, 0.2) is 11.6 Å². The van der Waals surface area contributed by atoms with Crippen LogP contribution in [0.3, 0.4) is 0 Å². The Kier molecular flexibility index (Phi) is 6.05. The summed E-state index contributed by atoms with van der Waals surface area (Å²) in [6, 6.07) is 10.8. The molecule has 0 fully saturated rings. The highest BCUT2D eigenvalue weighted by atomic mass is 19.4. The lowest BCUT2D eigenvalue weighted by atomic mass is 10.0. The highest BCUT2D eigenvalue weighted by molar-refractivity contribution is 5.95. The summed E-state index contributed by atoms with van der Waals surface area (Å²) in [6.45, 7) is 1.72. The molecule has 3 aromatic heterocycles. The maximum atomic E-state index is 12.8. The number of nitrogens with one attached hydrogen (secondary N) is 1. The normalized spacial score (nSPS) is 12.1. The lowest BCUT2D eigenvalue weighted by Crippen LogP contribution is -2.29. The molecule has 0 unspecified atom stereocenters. The molecule has 170 valence electrons. The molecule has 11 heteroatoms. The van der Waals surface area contributed by atoms with Crippen LogP contribution in [0, 0.1) is 11.3 Å². The second kappa shape index (κ2) is 9.11. The fraction of sp³-hybridized carbons (Fsp3) is 0.130. The molecule has 0 aliphatic rings. The Bertz CT molecular complexity index is 1360. The third kappa shape index (κ3) is 4.75. The molecule has 0 aliphatic carbocycles. The topological polar surface area (TPSA) is 109 Å². The summed E-state index contributed by atoms with van der Waals surface area (Å²) in [4.78, 5) is 25.3. The largest absolute Gasteiger partial charge is 0.416 e. The average Bonchev–Trinajstić information content (AvgIpc) is 3.34. The van der Waals surface area contributed by atoms with E-state index in [2.05, 4.69) is 25.4 Å². The van der Waals surface area contributed by atoms with Crippen molar-refractivity contribution in [3.8, 4) is 23.0 Å². The Morgan fingerprint density at radius 3 is 2.47 bits per heavy atom. The van der Waals surface area contributed by atoms with Gasteiger partial charge in [0.1, 0.15) is 12.4 Å². The Morgan fingerprint density at radius 2 is 1.82 bits per heavy atom. The first-order chi connectivity index (χ1) is 16.3. The van der Waals surface area contributed by atoms with Crippen LogP contribution in [-0.4, -0.2) is 30.6 Å². The SMILES string of the molecule is C[C@@H](NC(=O)c1cncc(-c2ccc(C(F)(F)F)cc2)c1)c1ncnn1-c1ccc(C#N)cn1. The fourth-order valence-electron chi connectivity index (χ4n) is 3.22. The van der Waals surface area contributed by atoms with E-state index in [1.165, 1.54) is 41.7 Å². The van der Waals surface area contributed by atoms with Crippen LogP contribution < -0.4 is 5.32 Å². The van der Waals surface area contributed by atoms with Crippen LogP contribution in [0.5, 0.6) is 0 Å². The number of nitriles is 1. The minimum Gasteiger partial charge on any atom is -0.342 e. The van der Waals surface area contributed by atoms with Crippen LogP contribution in [0.1, 0.15) is 40.3 Å². The highest BCUT2D eigenvalue weighted by Gasteiger charge is 2.30. The molecule has 1 N–H and O–H groups in total. The van der Waals surface area contributed by atoms with E-state index >= 15 is 0 Å². The van der Waals surface area contributed by atoms with E-state index in [-0.39, 0.29) is 5.56 Å². The maximum absolute atomic E-state index is 12.8. The molecule has 4 aromatic rings. The molecule has 0 saturated carbocycles. The van der Waals surface area contributed by atoms with Gasteiger partial charge >= 0.3 is 6.18 Å². The molecule has 1 atom stereocenters. The first-order valence-electron chi connectivity index (χ1n) is 9.96. The van der Waals surface area contributed by atoms with Crippen molar-refractivity contribution in [2.24, 2.45) is 0 Å². The van der Waals surface area contributed by atoms with E-state index in [9.17, 15) is 18.0 Å². The molecule has 34 heavy (non-hydrogen) atoms. The summed E-state index contributed by atoms with van der Waals surface area (Å²) in [5, 5.41) is 15.9. The minimum atomic E-state index is -4.43. The Hall–Kier alpha value is -4.59.